The molecular weight excluding hydrogens is 462 g/mol. The van der Waals surface area contributed by atoms with Crippen molar-refractivity contribution in [3.8, 4) is 11.3 Å². The number of rotatable bonds is 6. The standard InChI is InChI=1S/C30H31N5O2/c1-22-12-14-24(15-13-22)28-27(21-35(33-28)20-23-8-4-2-5-9-23)29(36)31-26-16-18-34(19-17-26)30(37)32-25-10-6-3-7-11-25/h2-15,21,26H,16-20H2,1H3,(H,31,36)(H,32,37). The molecule has 0 bridgehead atoms. The molecule has 7 nitrogen and oxygen atoms in total. The van der Waals surface area contributed by atoms with E-state index in [2.05, 4.69) is 22.8 Å². The van der Waals surface area contributed by atoms with Gasteiger partial charge in [-0.3, -0.25) is 9.48 Å². The predicted molar refractivity (Wildman–Crippen MR) is 145 cm³/mol. The van der Waals surface area contributed by atoms with E-state index in [1.807, 2.05) is 90.6 Å². The molecule has 1 saturated heterocycles. The maximum atomic E-state index is 13.4. The van der Waals surface area contributed by atoms with Crippen LogP contribution in [0, 0.1) is 6.92 Å². The van der Waals surface area contributed by atoms with Crippen molar-refractivity contribution >= 4 is 17.6 Å². The number of anilines is 1. The number of likely N-dealkylation sites (tertiary alicyclic amines) is 1. The first kappa shape index (κ1) is 24.3. The quantitative estimate of drug-likeness (QED) is 0.381. The van der Waals surface area contributed by atoms with Gasteiger partial charge in [0.1, 0.15) is 5.69 Å². The Morgan fingerprint density at radius 3 is 2.22 bits per heavy atom. The minimum atomic E-state index is -0.137. The van der Waals surface area contributed by atoms with Crippen LogP contribution in [-0.4, -0.2) is 45.8 Å². The summed E-state index contributed by atoms with van der Waals surface area (Å²) >= 11 is 0. The Hall–Kier alpha value is -4.39. The van der Waals surface area contributed by atoms with Crippen molar-refractivity contribution in [1.29, 1.82) is 0 Å². The van der Waals surface area contributed by atoms with Crippen LogP contribution in [0.3, 0.4) is 0 Å². The number of hydrogen-bond acceptors (Lipinski definition) is 3. The Kier molecular flexibility index (Phi) is 7.31. The Balaban J connectivity index is 1.26. The topological polar surface area (TPSA) is 79.3 Å². The third-order valence-corrected chi connectivity index (χ3v) is 6.66. The summed E-state index contributed by atoms with van der Waals surface area (Å²) in [5, 5.41) is 10.9. The zero-order valence-electron chi connectivity index (χ0n) is 20.9. The fourth-order valence-corrected chi connectivity index (χ4v) is 4.58. The van der Waals surface area contributed by atoms with E-state index in [9.17, 15) is 9.59 Å². The second-order valence-corrected chi connectivity index (χ2v) is 9.47. The second-order valence-electron chi connectivity index (χ2n) is 9.47. The third-order valence-electron chi connectivity index (χ3n) is 6.66. The lowest BCUT2D eigenvalue weighted by Crippen LogP contribution is -2.47. The zero-order valence-corrected chi connectivity index (χ0v) is 20.9. The van der Waals surface area contributed by atoms with Crippen molar-refractivity contribution in [2.75, 3.05) is 18.4 Å². The highest BCUT2D eigenvalue weighted by molar-refractivity contribution is 6.00. The van der Waals surface area contributed by atoms with E-state index in [4.69, 9.17) is 5.10 Å². The van der Waals surface area contributed by atoms with Crippen LogP contribution in [0.4, 0.5) is 10.5 Å². The summed E-state index contributed by atoms with van der Waals surface area (Å²) in [5.41, 5.74) is 5.20. The molecule has 0 atom stereocenters. The highest BCUT2D eigenvalue weighted by Gasteiger charge is 2.26. The maximum absolute atomic E-state index is 13.4. The van der Waals surface area contributed by atoms with Gasteiger partial charge >= 0.3 is 6.03 Å². The Morgan fingerprint density at radius 1 is 0.892 bits per heavy atom. The second kappa shape index (κ2) is 11.1. The lowest BCUT2D eigenvalue weighted by atomic mass is 10.0. The van der Waals surface area contributed by atoms with Crippen molar-refractivity contribution in [2.24, 2.45) is 0 Å². The van der Waals surface area contributed by atoms with Gasteiger partial charge in [0.2, 0.25) is 0 Å². The van der Waals surface area contributed by atoms with Gasteiger partial charge in [0, 0.05) is 36.6 Å². The van der Waals surface area contributed by atoms with E-state index < -0.39 is 0 Å². The molecule has 2 N–H and O–H groups in total. The minimum absolute atomic E-state index is 0.00313. The van der Waals surface area contributed by atoms with Crippen LogP contribution in [0.15, 0.2) is 91.1 Å². The number of carbonyl (C=O) groups excluding carboxylic acids is 2. The van der Waals surface area contributed by atoms with Gasteiger partial charge < -0.3 is 15.5 Å². The van der Waals surface area contributed by atoms with Crippen LogP contribution in [0.1, 0.15) is 34.3 Å². The third kappa shape index (κ3) is 6.06. The summed E-state index contributed by atoms with van der Waals surface area (Å²) in [6, 6.07) is 27.5. The lowest BCUT2D eigenvalue weighted by molar-refractivity contribution is 0.0920. The number of aromatic nitrogens is 2. The van der Waals surface area contributed by atoms with Gasteiger partial charge in [0.15, 0.2) is 0 Å². The molecule has 0 spiro atoms. The number of piperidine rings is 1. The number of carbonyl (C=O) groups is 2. The van der Waals surface area contributed by atoms with Crippen molar-refractivity contribution < 1.29 is 9.59 Å². The molecule has 2 heterocycles. The molecule has 0 unspecified atom stereocenters. The molecule has 0 radical (unpaired) electrons. The van der Waals surface area contributed by atoms with Crippen LogP contribution >= 0.6 is 0 Å². The molecule has 5 rings (SSSR count). The Bertz CT molecular complexity index is 1340. The zero-order chi connectivity index (χ0) is 25.6. The van der Waals surface area contributed by atoms with Gasteiger partial charge in [-0.1, -0.05) is 78.4 Å². The number of amides is 3. The molecule has 1 aromatic heterocycles. The SMILES string of the molecule is Cc1ccc(-c2nn(Cc3ccccc3)cc2C(=O)NC2CCN(C(=O)Nc3ccccc3)CC2)cc1. The summed E-state index contributed by atoms with van der Waals surface area (Å²) in [5.74, 6) is -0.137. The van der Waals surface area contributed by atoms with Gasteiger partial charge in [-0.15, -0.1) is 0 Å². The van der Waals surface area contributed by atoms with Crippen molar-refractivity contribution in [3.63, 3.8) is 0 Å². The van der Waals surface area contributed by atoms with Gasteiger partial charge in [-0.25, -0.2) is 4.79 Å². The fraction of sp³-hybridized carbons (Fsp3) is 0.233. The molecule has 1 aliphatic heterocycles. The molecule has 3 aromatic carbocycles. The van der Waals surface area contributed by atoms with E-state index >= 15 is 0 Å². The van der Waals surface area contributed by atoms with E-state index in [-0.39, 0.29) is 18.0 Å². The van der Waals surface area contributed by atoms with Crippen molar-refractivity contribution in [3.05, 3.63) is 108 Å². The smallest absolute Gasteiger partial charge is 0.321 e. The van der Waals surface area contributed by atoms with Crippen LogP contribution < -0.4 is 10.6 Å². The summed E-state index contributed by atoms with van der Waals surface area (Å²) in [6.45, 7) is 3.79. The Labute approximate surface area is 217 Å². The number of benzene rings is 3. The monoisotopic (exact) mass is 493 g/mol. The van der Waals surface area contributed by atoms with E-state index in [0.717, 1.165) is 22.4 Å². The van der Waals surface area contributed by atoms with Crippen LogP contribution in [0.2, 0.25) is 0 Å². The fourth-order valence-electron chi connectivity index (χ4n) is 4.58. The first-order valence-electron chi connectivity index (χ1n) is 12.7. The summed E-state index contributed by atoms with van der Waals surface area (Å²) < 4.78 is 1.83. The van der Waals surface area contributed by atoms with Gasteiger partial charge in [-0.2, -0.15) is 5.10 Å². The highest BCUT2D eigenvalue weighted by Crippen LogP contribution is 2.24. The summed E-state index contributed by atoms with van der Waals surface area (Å²) in [4.78, 5) is 27.8. The van der Waals surface area contributed by atoms with Gasteiger partial charge in [0.05, 0.1) is 12.1 Å². The molecule has 0 aliphatic carbocycles. The highest BCUT2D eigenvalue weighted by atomic mass is 16.2. The number of urea groups is 1. The lowest BCUT2D eigenvalue weighted by Gasteiger charge is -2.32. The average Bonchev–Trinajstić information content (AvgIpc) is 3.34. The molecule has 4 aromatic rings. The Morgan fingerprint density at radius 2 is 1.54 bits per heavy atom. The summed E-state index contributed by atoms with van der Waals surface area (Å²) in [6.07, 6.45) is 3.23. The predicted octanol–water partition coefficient (Wildman–Crippen LogP) is 5.33. The molecule has 7 heteroatoms. The van der Waals surface area contributed by atoms with Crippen LogP contribution in [-0.2, 0) is 6.54 Å². The van der Waals surface area contributed by atoms with E-state index in [1.165, 1.54) is 0 Å². The molecule has 3 amide bonds. The number of nitrogens with zero attached hydrogens (tertiary/aromatic N) is 3. The first-order valence-corrected chi connectivity index (χ1v) is 12.7. The van der Waals surface area contributed by atoms with Gasteiger partial charge in [-0.05, 0) is 37.5 Å². The van der Waals surface area contributed by atoms with Crippen LogP contribution in [0.25, 0.3) is 11.3 Å². The molecule has 1 aliphatic rings. The molecule has 0 saturated carbocycles. The number of nitrogens with one attached hydrogen (secondary N) is 2. The van der Waals surface area contributed by atoms with Crippen LogP contribution in [0.5, 0.6) is 0 Å². The maximum Gasteiger partial charge on any atom is 0.321 e. The van der Waals surface area contributed by atoms with E-state index in [0.29, 0.717) is 43.7 Å². The van der Waals surface area contributed by atoms with E-state index in [1.54, 1.807) is 4.90 Å². The first-order chi connectivity index (χ1) is 18.0. The number of para-hydroxylation sites is 1. The van der Waals surface area contributed by atoms with Crippen molar-refractivity contribution in [2.45, 2.75) is 32.4 Å². The summed E-state index contributed by atoms with van der Waals surface area (Å²) in [7, 11) is 0. The largest absolute Gasteiger partial charge is 0.349 e. The van der Waals surface area contributed by atoms with Gasteiger partial charge in [0.25, 0.3) is 5.91 Å². The molecular formula is C30H31N5O2. The van der Waals surface area contributed by atoms with Crippen molar-refractivity contribution in [1.82, 2.24) is 20.0 Å². The normalized spacial score (nSPS) is 13.8. The molecule has 188 valence electrons. The minimum Gasteiger partial charge on any atom is -0.349 e. The number of aryl methyl sites for hydroxylation is 1. The number of hydrogen-bond donors (Lipinski definition) is 2. The molecule has 1 fully saturated rings. The molecule has 37 heavy (non-hydrogen) atoms. The average molecular weight is 494 g/mol.